The number of fused-ring (bicyclic) bond motifs is 3. The molecule has 2 aromatic carbocycles. The minimum absolute atomic E-state index is 0.0495. The Hall–Kier alpha value is -1.82. The van der Waals surface area contributed by atoms with Crippen molar-refractivity contribution in [2.75, 3.05) is 36.9 Å². The van der Waals surface area contributed by atoms with Crippen molar-refractivity contribution < 1.29 is 10.2 Å². The average Bonchev–Trinajstić information content (AvgIpc) is 2.88. The van der Waals surface area contributed by atoms with Gasteiger partial charge in [0.05, 0.1) is 17.9 Å². The van der Waals surface area contributed by atoms with Gasteiger partial charge >= 0.3 is 0 Å². The van der Waals surface area contributed by atoms with E-state index in [9.17, 15) is 10.2 Å². The Kier molecular flexibility index (Phi) is 3.96. The Balaban J connectivity index is 2.29. The second-order valence-electron chi connectivity index (χ2n) is 4.91. The van der Waals surface area contributed by atoms with E-state index >= 15 is 0 Å². The number of benzene rings is 2. The highest BCUT2D eigenvalue weighted by Crippen LogP contribution is 2.42. The average molecular weight is 302 g/mol. The Morgan fingerprint density at radius 3 is 2.43 bits per heavy atom. The summed E-state index contributed by atoms with van der Waals surface area (Å²) in [7, 11) is 0. The fraction of sp³-hybridized carbons (Fsp3) is 0.250. The fourth-order valence-corrected chi connectivity index (χ4v) is 3.84. The van der Waals surface area contributed by atoms with Gasteiger partial charge in [0.2, 0.25) is 0 Å². The number of hydrogen-bond acceptors (Lipinski definition) is 5. The third-order valence-corrected chi connectivity index (χ3v) is 4.83. The highest BCUT2D eigenvalue weighted by molar-refractivity contribution is 7.26. The summed E-state index contributed by atoms with van der Waals surface area (Å²) in [4.78, 5) is 2.00. The number of thiophene rings is 1. The molecular formula is C16H18N2O2S. The smallest absolute Gasteiger partial charge is 0.0606 e. The number of aliphatic hydroxyl groups excluding tert-OH is 2. The second kappa shape index (κ2) is 5.89. The molecule has 0 unspecified atom stereocenters. The summed E-state index contributed by atoms with van der Waals surface area (Å²) in [6, 6.07) is 12.1. The summed E-state index contributed by atoms with van der Waals surface area (Å²) in [5.74, 6) is 0. The van der Waals surface area contributed by atoms with Gasteiger partial charge in [0.25, 0.3) is 0 Å². The van der Waals surface area contributed by atoms with Gasteiger partial charge in [-0.05, 0) is 18.2 Å². The van der Waals surface area contributed by atoms with E-state index in [-0.39, 0.29) is 13.2 Å². The number of anilines is 2. The molecule has 0 saturated heterocycles. The summed E-state index contributed by atoms with van der Waals surface area (Å²) in [5.41, 5.74) is 7.91. The maximum Gasteiger partial charge on any atom is 0.0606 e. The lowest BCUT2D eigenvalue weighted by Gasteiger charge is -2.24. The molecule has 0 aliphatic heterocycles. The lowest BCUT2D eigenvalue weighted by Crippen LogP contribution is -2.29. The predicted molar refractivity (Wildman–Crippen MR) is 90.1 cm³/mol. The Morgan fingerprint density at radius 2 is 1.71 bits per heavy atom. The van der Waals surface area contributed by atoms with Crippen molar-refractivity contribution in [3.63, 3.8) is 0 Å². The fourth-order valence-electron chi connectivity index (χ4n) is 2.69. The van der Waals surface area contributed by atoms with Crippen LogP contribution in [0.3, 0.4) is 0 Å². The first-order valence-electron chi connectivity index (χ1n) is 6.92. The van der Waals surface area contributed by atoms with E-state index in [1.165, 1.54) is 10.1 Å². The number of nitrogens with two attached hydrogens (primary N) is 1. The van der Waals surface area contributed by atoms with Crippen molar-refractivity contribution in [1.29, 1.82) is 0 Å². The van der Waals surface area contributed by atoms with Crippen LogP contribution in [0.25, 0.3) is 20.2 Å². The highest BCUT2D eigenvalue weighted by atomic mass is 32.1. The van der Waals surface area contributed by atoms with Gasteiger partial charge in [-0.2, -0.15) is 0 Å². The number of nitrogens with zero attached hydrogens (tertiary/aromatic N) is 1. The maximum absolute atomic E-state index is 9.27. The minimum Gasteiger partial charge on any atom is -0.398 e. The van der Waals surface area contributed by atoms with E-state index in [0.29, 0.717) is 13.1 Å². The molecule has 0 fully saturated rings. The summed E-state index contributed by atoms with van der Waals surface area (Å²) in [6.07, 6.45) is 0. The van der Waals surface area contributed by atoms with Crippen LogP contribution < -0.4 is 10.6 Å². The normalized spacial score (nSPS) is 11.3. The SMILES string of the molecule is Nc1ccc(N(CCO)CCO)c2c1sc1ccccc12. The third kappa shape index (κ3) is 2.44. The van der Waals surface area contributed by atoms with Gasteiger partial charge in [0.1, 0.15) is 0 Å². The van der Waals surface area contributed by atoms with E-state index in [0.717, 1.165) is 21.5 Å². The van der Waals surface area contributed by atoms with Crippen LogP contribution in [0.15, 0.2) is 36.4 Å². The molecule has 4 N–H and O–H groups in total. The predicted octanol–water partition coefficient (Wildman–Crippen LogP) is 2.43. The van der Waals surface area contributed by atoms with Crippen LogP contribution in [-0.2, 0) is 0 Å². The van der Waals surface area contributed by atoms with Crippen LogP contribution in [0.1, 0.15) is 0 Å². The van der Waals surface area contributed by atoms with Crippen molar-refractivity contribution in [3.05, 3.63) is 36.4 Å². The Morgan fingerprint density at radius 1 is 1.00 bits per heavy atom. The summed E-state index contributed by atoms with van der Waals surface area (Å²) >= 11 is 1.68. The van der Waals surface area contributed by atoms with Crippen LogP contribution >= 0.6 is 11.3 Å². The van der Waals surface area contributed by atoms with E-state index < -0.39 is 0 Å². The zero-order chi connectivity index (χ0) is 14.8. The molecule has 21 heavy (non-hydrogen) atoms. The molecule has 4 nitrogen and oxygen atoms in total. The van der Waals surface area contributed by atoms with Gasteiger partial charge in [-0.25, -0.2) is 0 Å². The molecule has 110 valence electrons. The van der Waals surface area contributed by atoms with Gasteiger partial charge in [-0.15, -0.1) is 11.3 Å². The summed E-state index contributed by atoms with van der Waals surface area (Å²) in [6.45, 7) is 1.08. The summed E-state index contributed by atoms with van der Waals surface area (Å²) in [5, 5.41) is 20.8. The maximum atomic E-state index is 9.27. The van der Waals surface area contributed by atoms with Crippen molar-refractivity contribution in [1.82, 2.24) is 0 Å². The first-order valence-corrected chi connectivity index (χ1v) is 7.74. The molecule has 0 spiro atoms. The van der Waals surface area contributed by atoms with Gasteiger partial charge < -0.3 is 20.8 Å². The topological polar surface area (TPSA) is 69.7 Å². The quantitative estimate of drug-likeness (QED) is 0.633. The minimum atomic E-state index is 0.0495. The van der Waals surface area contributed by atoms with Crippen LogP contribution in [0.5, 0.6) is 0 Å². The zero-order valence-corrected chi connectivity index (χ0v) is 12.4. The van der Waals surface area contributed by atoms with Crippen molar-refractivity contribution in [2.24, 2.45) is 0 Å². The lowest BCUT2D eigenvalue weighted by atomic mass is 10.1. The Labute approximate surface area is 127 Å². The van der Waals surface area contributed by atoms with Gasteiger partial charge in [-0.1, -0.05) is 18.2 Å². The van der Waals surface area contributed by atoms with Crippen LogP contribution in [0.4, 0.5) is 11.4 Å². The van der Waals surface area contributed by atoms with Gasteiger partial charge in [0, 0.05) is 39.9 Å². The van der Waals surface area contributed by atoms with Gasteiger partial charge in [0.15, 0.2) is 0 Å². The van der Waals surface area contributed by atoms with Crippen molar-refractivity contribution in [2.45, 2.75) is 0 Å². The van der Waals surface area contributed by atoms with Crippen molar-refractivity contribution in [3.8, 4) is 0 Å². The highest BCUT2D eigenvalue weighted by Gasteiger charge is 2.15. The first kappa shape index (κ1) is 14.1. The number of hydrogen-bond donors (Lipinski definition) is 3. The van der Waals surface area contributed by atoms with E-state index in [1.807, 2.05) is 29.2 Å². The monoisotopic (exact) mass is 302 g/mol. The number of aliphatic hydroxyl groups is 2. The largest absolute Gasteiger partial charge is 0.398 e. The number of nitrogen functional groups attached to an aromatic ring is 1. The third-order valence-electron chi connectivity index (χ3n) is 3.62. The molecule has 1 aromatic heterocycles. The molecule has 0 aliphatic rings. The van der Waals surface area contributed by atoms with Crippen LogP contribution in [0, 0.1) is 0 Å². The first-order chi connectivity index (χ1) is 10.3. The molecule has 0 amide bonds. The lowest BCUT2D eigenvalue weighted by molar-refractivity contribution is 0.281. The number of rotatable bonds is 5. The van der Waals surface area contributed by atoms with E-state index in [4.69, 9.17) is 5.73 Å². The van der Waals surface area contributed by atoms with E-state index in [1.54, 1.807) is 11.3 Å². The molecule has 3 aromatic rings. The molecule has 0 aliphatic carbocycles. The molecule has 1 heterocycles. The molecular weight excluding hydrogens is 284 g/mol. The molecule has 3 rings (SSSR count). The summed E-state index contributed by atoms with van der Waals surface area (Å²) < 4.78 is 2.26. The molecule has 0 radical (unpaired) electrons. The van der Waals surface area contributed by atoms with Crippen LogP contribution in [-0.4, -0.2) is 36.5 Å². The standard InChI is InChI=1S/C16H18N2O2S/c17-12-5-6-13(18(7-9-19)8-10-20)15-11-3-1-2-4-14(11)21-16(12)15/h1-6,19-20H,7-10,17H2. The van der Waals surface area contributed by atoms with E-state index in [2.05, 4.69) is 12.1 Å². The zero-order valence-electron chi connectivity index (χ0n) is 11.6. The second-order valence-corrected chi connectivity index (χ2v) is 5.96. The molecule has 5 heteroatoms. The Bertz CT molecular complexity index is 763. The molecule has 0 saturated carbocycles. The van der Waals surface area contributed by atoms with Crippen LogP contribution in [0.2, 0.25) is 0 Å². The molecule has 0 bridgehead atoms. The molecule has 0 atom stereocenters. The van der Waals surface area contributed by atoms with Gasteiger partial charge in [-0.3, -0.25) is 0 Å². The van der Waals surface area contributed by atoms with Crippen molar-refractivity contribution >= 4 is 42.9 Å².